The number of nitrogens with two attached hydrogens (primary N) is 1. The molecule has 0 aliphatic carbocycles. The number of para-hydroxylation sites is 1. The quantitative estimate of drug-likeness (QED) is 0.633. The predicted molar refractivity (Wildman–Crippen MR) is 84.5 cm³/mol. The van der Waals surface area contributed by atoms with Gasteiger partial charge in [-0.05, 0) is 37.1 Å². The molecule has 1 unspecified atom stereocenters. The van der Waals surface area contributed by atoms with E-state index in [0.717, 1.165) is 28.2 Å². The van der Waals surface area contributed by atoms with Crippen LogP contribution in [0.3, 0.4) is 0 Å². The Balaban J connectivity index is 2.44. The molecule has 2 aromatic rings. The summed E-state index contributed by atoms with van der Waals surface area (Å²) in [6.45, 7) is 4.60. The van der Waals surface area contributed by atoms with Crippen molar-refractivity contribution in [2.24, 2.45) is 5.84 Å². The van der Waals surface area contributed by atoms with Crippen LogP contribution >= 0.6 is 0 Å². The molecule has 1 atom stereocenters. The third-order valence-electron chi connectivity index (χ3n) is 3.46. The molecule has 0 heterocycles. The Hall–Kier alpha value is -2.04. The summed E-state index contributed by atoms with van der Waals surface area (Å²) < 4.78 is 11.1. The van der Waals surface area contributed by atoms with E-state index in [2.05, 4.69) is 5.43 Å². The highest BCUT2D eigenvalue weighted by atomic mass is 16.5. The molecule has 0 aliphatic rings. The van der Waals surface area contributed by atoms with Crippen LogP contribution in [0.2, 0.25) is 0 Å². The second-order valence-electron chi connectivity index (χ2n) is 4.80. The molecule has 21 heavy (non-hydrogen) atoms. The van der Waals surface area contributed by atoms with Gasteiger partial charge in [0.25, 0.3) is 0 Å². The molecule has 0 amide bonds. The third-order valence-corrected chi connectivity index (χ3v) is 3.46. The van der Waals surface area contributed by atoms with E-state index in [0.29, 0.717) is 6.61 Å². The summed E-state index contributed by atoms with van der Waals surface area (Å²) >= 11 is 0. The van der Waals surface area contributed by atoms with Gasteiger partial charge in [0.15, 0.2) is 0 Å². The molecule has 0 aliphatic heterocycles. The van der Waals surface area contributed by atoms with E-state index in [1.165, 1.54) is 0 Å². The zero-order valence-corrected chi connectivity index (χ0v) is 12.7. The monoisotopic (exact) mass is 286 g/mol. The van der Waals surface area contributed by atoms with Crippen molar-refractivity contribution in [3.63, 3.8) is 0 Å². The van der Waals surface area contributed by atoms with Gasteiger partial charge >= 0.3 is 0 Å². The van der Waals surface area contributed by atoms with Crippen LogP contribution in [0.4, 0.5) is 0 Å². The van der Waals surface area contributed by atoms with Gasteiger partial charge in [-0.1, -0.05) is 30.3 Å². The highest BCUT2D eigenvalue weighted by molar-refractivity contribution is 5.45. The van der Waals surface area contributed by atoms with Crippen molar-refractivity contribution in [1.29, 1.82) is 0 Å². The van der Waals surface area contributed by atoms with Gasteiger partial charge in [-0.25, -0.2) is 5.43 Å². The number of nitrogens with one attached hydrogen (secondary N) is 1. The average molecular weight is 286 g/mol. The van der Waals surface area contributed by atoms with Crippen LogP contribution in [0.1, 0.15) is 29.7 Å². The van der Waals surface area contributed by atoms with Crippen molar-refractivity contribution in [2.45, 2.75) is 19.9 Å². The van der Waals surface area contributed by atoms with Crippen molar-refractivity contribution in [1.82, 2.24) is 5.43 Å². The van der Waals surface area contributed by atoms with Crippen LogP contribution in [-0.4, -0.2) is 13.7 Å². The molecule has 2 aromatic carbocycles. The normalized spacial score (nSPS) is 12.0. The molecule has 4 nitrogen and oxygen atoms in total. The number of methoxy groups -OCH3 is 1. The van der Waals surface area contributed by atoms with E-state index in [1.54, 1.807) is 7.11 Å². The standard InChI is InChI=1S/C17H22N2O2/c1-4-21-15-8-6-5-7-14(15)17(19-18)13-10-9-12(2)16(11-13)20-3/h5-11,17,19H,4,18H2,1-3H3. The van der Waals surface area contributed by atoms with Gasteiger partial charge in [0.2, 0.25) is 0 Å². The van der Waals surface area contributed by atoms with Gasteiger partial charge in [-0.3, -0.25) is 5.84 Å². The van der Waals surface area contributed by atoms with Gasteiger partial charge in [0.1, 0.15) is 11.5 Å². The zero-order valence-electron chi connectivity index (χ0n) is 12.7. The first-order valence-electron chi connectivity index (χ1n) is 7.03. The number of hydrogen-bond donors (Lipinski definition) is 2. The minimum absolute atomic E-state index is 0.151. The van der Waals surface area contributed by atoms with Gasteiger partial charge in [0, 0.05) is 5.56 Å². The van der Waals surface area contributed by atoms with Gasteiger partial charge in [-0.2, -0.15) is 0 Å². The summed E-state index contributed by atoms with van der Waals surface area (Å²) in [7, 11) is 1.67. The van der Waals surface area contributed by atoms with Crippen molar-refractivity contribution in [2.75, 3.05) is 13.7 Å². The first kappa shape index (κ1) is 15.4. The Kier molecular flexibility index (Phi) is 5.20. The minimum Gasteiger partial charge on any atom is -0.496 e. The minimum atomic E-state index is -0.151. The van der Waals surface area contributed by atoms with Crippen LogP contribution in [0, 0.1) is 6.92 Å². The maximum atomic E-state index is 5.79. The molecular weight excluding hydrogens is 264 g/mol. The summed E-state index contributed by atoms with van der Waals surface area (Å²) in [6, 6.07) is 13.8. The molecule has 2 rings (SSSR count). The molecule has 0 bridgehead atoms. The molecule has 3 N–H and O–H groups in total. The maximum Gasteiger partial charge on any atom is 0.124 e. The Labute approximate surface area is 125 Å². The average Bonchev–Trinajstić information content (AvgIpc) is 2.51. The van der Waals surface area contributed by atoms with Crippen molar-refractivity contribution >= 4 is 0 Å². The summed E-state index contributed by atoms with van der Waals surface area (Å²) in [5.74, 6) is 7.47. The number of hydrogen-bond acceptors (Lipinski definition) is 4. The summed E-state index contributed by atoms with van der Waals surface area (Å²) in [5.41, 5.74) is 6.00. The molecule has 0 fully saturated rings. The van der Waals surface area contributed by atoms with E-state index in [-0.39, 0.29) is 6.04 Å². The maximum absolute atomic E-state index is 5.79. The summed E-state index contributed by atoms with van der Waals surface area (Å²) in [4.78, 5) is 0. The first-order valence-corrected chi connectivity index (χ1v) is 7.03. The molecule has 0 aromatic heterocycles. The smallest absolute Gasteiger partial charge is 0.124 e. The topological polar surface area (TPSA) is 56.5 Å². The van der Waals surface area contributed by atoms with Crippen molar-refractivity contribution < 1.29 is 9.47 Å². The van der Waals surface area contributed by atoms with E-state index in [1.807, 2.05) is 56.3 Å². The van der Waals surface area contributed by atoms with Crippen LogP contribution in [0.5, 0.6) is 11.5 Å². The summed E-state index contributed by atoms with van der Waals surface area (Å²) in [5, 5.41) is 0. The van der Waals surface area contributed by atoms with Crippen LogP contribution in [0.25, 0.3) is 0 Å². The van der Waals surface area contributed by atoms with Crippen molar-refractivity contribution in [3.8, 4) is 11.5 Å². The number of hydrazine groups is 1. The van der Waals surface area contributed by atoms with E-state index in [4.69, 9.17) is 15.3 Å². The SMILES string of the molecule is CCOc1ccccc1C(NN)c1ccc(C)c(OC)c1. The lowest BCUT2D eigenvalue weighted by Gasteiger charge is -2.21. The Morgan fingerprint density at radius 2 is 1.90 bits per heavy atom. The molecule has 0 radical (unpaired) electrons. The first-order chi connectivity index (χ1) is 10.2. The van der Waals surface area contributed by atoms with Crippen LogP contribution in [0.15, 0.2) is 42.5 Å². The summed E-state index contributed by atoms with van der Waals surface area (Å²) in [6.07, 6.45) is 0. The fraction of sp³-hybridized carbons (Fsp3) is 0.294. The second-order valence-corrected chi connectivity index (χ2v) is 4.80. The molecule has 112 valence electrons. The number of ether oxygens (including phenoxy) is 2. The van der Waals surface area contributed by atoms with E-state index < -0.39 is 0 Å². The Morgan fingerprint density at radius 3 is 2.57 bits per heavy atom. The molecule has 4 heteroatoms. The zero-order chi connectivity index (χ0) is 15.2. The van der Waals surface area contributed by atoms with Crippen molar-refractivity contribution in [3.05, 3.63) is 59.2 Å². The lowest BCUT2D eigenvalue weighted by Crippen LogP contribution is -2.29. The lowest BCUT2D eigenvalue weighted by molar-refractivity contribution is 0.333. The largest absolute Gasteiger partial charge is 0.496 e. The molecule has 0 saturated carbocycles. The number of aryl methyl sites for hydroxylation is 1. The Morgan fingerprint density at radius 1 is 1.14 bits per heavy atom. The van der Waals surface area contributed by atoms with E-state index in [9.17, 15) is 0 Å². The molecule has 0 saturated heterocycles. The van der Waals surface area contributed by atoms with Gasteiger partial charge < -0.3 is 9.47 Å². The highest BCUT2D eigenvalue weighted by Crippen LogP contribution is 2.32. The van der Waals surface area contributed by atoms with Crippen LogP contribution in [-0.2, 0) is 0 Å². The Bertz CT molecular complexity index is 599. The molecule has 0 spiro atoms. The molecular formula is C17H22N2O2. The highest BCUT2D eigenvalue weighted by Gasteiger charge is 2.17. The third kappa shape index (κ3) is 3.35. The predicted octanol–water partition coefficient (Wildman–Crippen LogP) is 2.96. The van der Waals surface area contributed by atoms with Gasteiger partial charge in [-0.15, -0.1) is 0 Å². The van der Waals surface area contributed by atoms with E-state index >= 15 is 0 Å². The van der Waals surface area contributed by atoms with Gasteiger partial charge in [0.05, 0.1) is 19.8 Å². The van der Waals surface area contributed by atoms with Crippen LogP contribution < -0.4 is 20.7 Å². The second kappa shape index (κ2) is 7.11. The fourth-order valence-electron chi connectivity index (χ4n) is 2.39. The fourth-order valence-corrected chi connectivity index (χ4v) is 2.39. The number of benzene rings is 2. The lowest BCUT2D eigenvalue weighted by atomic mass is 9.97. The number of rotatable bonds is 6.